The molecule has 0 aliphatic heterocycles. The summed E-state index contributed by atoms with van der Waals surface area (Å²) in [4.78, 5) is 24.2. The SMILES string of the molecule is O=C(C=Cc1ccc(O)cc1)CC(=O)C=Cc1ccccc1-c1ccccc1. The molecule has 1 N–H and O–H groups in total. The van der Waals surface area contributed by atoms with Crippen LogP contribution in [0, 0.1) is 0 Å². The molecule has 0 heterocycles. The van der Waals surface area contributed by atoms with Gasteiger partial charge in [-0.1, -0.05) is 78.9 Å². The first-order chi connectivity index (χ1) is 13.6. The maximum absolute atomic E-state index is 12.2. The summed E-state index contributed by atoms with van der Waals surface area (Å²) in [6, 6.07) is 24.2. The first-order valence-corrected chi connectivity index (χ1v) is 8.97. The highest BCUT2D eigenvalue weighted by Crippen LogP contribution is 2.24. The largest absolute Gasteiger partial charge is 0.508 e. The molecule has 3 heteroatoms. The number of hydrogen-bond acceptors (Lipinski definition) is 3. The van der Waals surface area contributed by atoms with E-state index in [0.29, 0.717) is 0 Å². The molecular formula is C25H20O3. The van der Waals surface area contributed by atoms with E-state index in [1.54, 1.807) is 36.4 Å². The molecule has 0 spiro atoms. The Labute approximate surface area is 164 Å². The highest BCUT2D eigenvalue weighted by molar-refractivity contribution is 6.11. The second-order valence-electron chi connectivity index (χ2n) is 6.32. The third-order valence-electron chi connectivity index (χ3n) is 4.20. The number of phenolic OH excluding ortho intramolecular Hbond substituents is 1. The molecule has 3 aromatic carbocycles. The molecule has 0 aliphatic carbocycles. The number of phenols is 1. The predicted octanol–water partition coefficient (Wildman–Crippen LogP) is 5.31. The zero-order valence-corrected chi connectivity index (χ0v) is 15.3. The van der Waals surface area contributed by atoms with Gasteiger partial charge in [0.05, 0.1) is 6.42 Å². The maximum Gasteiger partial charge on any atom is 0.163 e. The van der Waals surface area contributed by atoms with Crippen molar-refractivity contribution in [3.05, 3.63) is 102 Å². The Morgan fingerprint density at radius 3 is 2.04 bits per heavy atom. The molecular weight excluding hydrogens is 348 g/mol. The van der Waals surface area contributed by atoms with E-state index in [4.69, 9.17) is 0 Å². The van der Waals surface area contributed by atoms with E-state index in [1.165, 1.54) is 12.2 Å². The maximum atomic E-state index is 12.2. The van der Waals surface area contributed by atoms with Crippen molar-refractivity contribution in [3.63, 3.8) is 0 Å². The number of rotatable bonds is 7. The summed E-state index contributed by atoms with van der Waals surface area (Å²) >= 11 is 0. The first-order valence-electron chi connectivity index (χ1n) is 8.97. The fourth-order valence-electron chi connectivity index (χ4n) is 2.77. The highest BCUT2D eigenvalue weighted by atomic mass is 16.3. The van der Waals surface area contributed by atoms with Crippen LogP contribution >= 0.6 is 0 Å². The fourth-order valence-corrected chi connectivity index (χ4v) is 2.77. The molecule has 0 saturated carbocycles. The van der Waals surface area contributed by atoms with E-state index < -0.39 is 0 Å². The Morgan fingerprint density at radius 2 is 1.32 bits per heavy atom. The highest BCUT2D eigenvalue weighted by Gasteiger charge is 2.05. The van der Waals surface area contributed by atoms with E-state index >= 15 is 0 Å². The van der Waals surface area contributed by atoms with Crippen molar-refractivity contribution in [2.24, 2.45) is 0 Å². The number of hydrogen-bond donors (Lipinski definition) is 1. The Balaban J connectivity index is 1.64. The smallest absolute Gasteiger partial charge is 0.163 e. The number of ketones is 2. The van der Waals surface area contributed by atoms with Gasteiger partial charge in [-0.25, -0.2) is 0 Å². The van der Waals surface area contributed by atoms with Gasteiger partial charge in [0.1, 0.15) is 5.75 Å². The van der Waals surface area contributed by atoms with Crippen LogP contribution in [0.5, 0.6) is 5.75 Å². The number of benzene rings is 3. The topological polar surface area (TPSA) is 54.4 Å². The zero-order valence-electron chi connectivity index (χ0n) is 15.3. The molecule has 0 amide bonds. The average Bonchev–Trinajstić information content (AvgIpc) is 2.73. The number of aromatic hydroxyl groups is 1. The van der Waals surface area contributed by atoms with E-state index in [2.05, 4.69) is 0 Å². The molecule has 3 nitrogen and oxygen atoms in total. The summed E-state index contributed by atoms with van der Waals surface area (Å²) in [5.74, 6) is -0.345. The van der Waals surface area contributed by atoms with Crippen LogP contribution in [-0.4, -0.2) is 16.7 Å². The van der Waals surface area contributed by atoms with E-state index in [0.717, 1.165) is 22.3 Å². The van der Waals surface area contributed by atoms with Gasteiger partial charge in [-0.15, -0.1) is 0 Å². The van der Waals surface area contributed by atoms with Gasteiger partial charge in [0, 0.05) is 0 Å². The Bertz CT molecular complexity index is 1010. The molecule has 0 saturated heterocycles. The van der Waals surface area contributed by atoms with Gasteiger partial charge in [0.15, 0.2) is 11.6 Å². The Kier molecular flexibility index (Phi) is 6.32. The molecule has 0 aliphatic rings. The quantitative estimate of drug-likeness (QED) is 0.454. The van der Waals surface area contributed by atoms with Crippen molar-refractivity contribution in [2.75, 3.05) is 0 Å². The third-order valence-corrected chi connectivity index (χ3v) is 4.20. The Hall–Kier alpha value is -3.72. The van der Waals surface area contributed by atoms with E-state index in [9.17, 15) is 14.7 Å². The lowest BCUT2D eigenvalue weighted by atomic mass is 9.99. The lowest BCUT2D eigenvalue weighted by molar-refractivity contribution is -0.121. The van der Waals surface area contributed by atoms with Crippen LogP contribution in [0.15, 0.2) is 91.0 Å². The Morgan fingerprint density at radius 1 is 0.714 bits per heavy atom. The summed E-state index contributed by atoms with van der Waals surface area (Å²) in [6.45, 7) is 0. The van der Waals surface area contributed by atoms with Crippen LogP contribution in [0.25, 0.3) is 23.3 Å². The van der Waals surface area contributed by atoms with Crippen molar-refractivity contribution in [1.82, 2.24) is 0 Å². The second-order valence-corrected chi connectivity index (χ2v) is 6.32. The minimum absolute atomic E-state index is 0.166. The minimum atomic E-state index is -0.265. The lowest BCUT2D eigenvalue weighted by Gasteiger charge is -2.05. The van der Waals surface area contributed by atoms with Gasteiger partial charge in [0.2, 0.25) is 0 Å². The lowest BCUT2D eigenvalue weighted by Crippen LogP contribution is -2.01. The van der Waals surface area contributed by atoms with Crippen molar-refractivity contribution < 1.29 is 14.7 Å². The van der Waals surface area contributed by atoms with Crippen molar-refractivity contribution in [3.8, 4) is 16.9 Å². The van der Waals surface area contributed by atoms with Crippen molar-refractivity contribution >= 4 is 23.7 Å². The predicted molar refractivity (Wildman–Crippen MR) is 113 cm³/mol. The normalized spacial score (nSPS) is 11.1. The number of carbonyl (C=O) groups excluding carboxylic acids is 2. The molecule has 0 atom stereocenters. The molecule has 138 valence electrons. The molecule has 0 unspecified atom stereocenters. The molecule has 0 fully saturated rings. The zero-order chi connectivity index (χ0) is 19.8. The molecule has 28 heavy (non-hydrogen) atoms. The van der Waals surface area contributed by atoms with Crippen LogP contribution < -0.4 is 0 Å². The number of carbonyl (C=O) groups is 2. The van der Waals surface area contributed by atoms with Crippen LogP contribution in [0.1, 0.15) is 17.5 Å². The molecule has 3 rings (SSSR count). The van der Waals surface area contributed by atoms with Crippen molar-refractivity contribution in [1.29, 1.82) is 0 Å². The van der Waals surface area contributed by atoms with Crippen LogP contribution in [0.4, 0.5) is 0 Å². The molecule has 0 aromatic heterocycles. The average molecular weight is 368 g/mol. The van der Waals surface area contributed by atoms with Crippen LogP contribution in [-0.2, 0) is 9.59 Å². The minimum Gasteiger partial charge on any atom is -0.508 e. The van der Waals surface area contributed by atoms with Gasteiger partial charge in [-0.3, -0.25) is 9.59 Å². The van der Waals surface area contributed by atoms with Gasteiger partial charge >= 0.3 is 0 Å². The van der Waals surface area contributed by atoms with Gasteiger partial charge in [0.25, 0.3) is 0 Å². The summed E-state index contributed by atoms with van der Waals surface area (Å²) in [7, 11) is 0. The monoisotopic (exact) mass is 368 g/mol. The van der Waals surface area contributed by atoms with Gasteiger partial charge in [-0.2, -0.15) is 0 Å². The summed E-state index contributed by atoms with van der Waals surface area (Å²) < 4.78 is 0. The fraction of sp³-hybridized carbons (Fsp3) is 0.0400. The van der Waals surface area contributed by atoms with Crippen molar-refractivity contribution in [2.45, 2.75) is 6.42 Å². The van der Waals surface area contributed by atoms with E-state index in [1.807, 2.05) is 54.6 Å². The third kappa shape index (κ3) is 5.39. The van der Waals surface area contributed by atoms with Crippen LogP contribution in [0.2, 0.25) is 0 Å². The second kappa shape index (κ2) is 9.28. The summed E-state index contributed by atoms with van der Waals surface area (Å²) in [6.07, 6.45) is 6.04. The number of allylic oxidation sites excluding steroid dienone is 2. The van der Waals surface area contributed by atoms with E-state index in [-0.39, 0.29) is 23.7 Å². The molecule has 3 aromatic rings. The van der Waals surface area contributed by atoms with Gasteiger partial charge < -0.3 is 5.11 Å². The molecule has 0 radical (unpaired) electrons. The first kappa shape index (κ1) is 19.1. The van der Waals surface area contributed by atoms with Crippen LogP contribution in [0.3, 0.4) is 0 Å². The standard InChI is InChI=1S/C25H20O3/c26-22-14-10-19(11-15-22)12-16-23(27)18-24(28)17-13-21-8-4-5-9-25(21)20-6-2-1-3-7-20/h1-17,26H,18H2. The molecule has 0 bridgehead atoms. The van der Waals surface area contributed by atoms with Gasteiger partial charge in [-0.05, 0) is 46.5 Å². The summed E-state index contributed by atoms with van der Waals surface area (Å²) in [5, 5.41) is 9.25. The summed E-state index contributed by atoms with van der Waals surface area (Å²) in [5.41, 5.74) is 3.81.